The van der Waals surface area contributed by atoms with Crippen LogP contribution in [0.1, 0.15) is 52.7 Å². The molecule has 6 heteroatoms. The number of methoxy groups -OCH3 is 1. The van der Waals surface area contributed by atoms with E-state index in [0.29, 0.717) is 17.8 Å². The fourth-order valence-corrected chi connectivity index (χ4v) is 4.66. The first-order valence-electron chi connectivity index (χ1n) is 11.3. The molecule has 0 spiro atoms. The summed E-state index contributed by atoms with van der Waals surface area (Å²) in [5, 5.41) is 10.6. The SMILES string of the molecule is COC(=O)c1ccc(C#CCN2C(=O)CC[C@@H]2C=C[C@H](O)[C@@H](C)CCCc2ccccc2)s1. The minimum Gasteiger partial charge on any atom is -0.465 e. The fraction of sp³-hybridized carbons (Fsp3) is 0.407. The lowest BCUT2D eigenvalue weighted by molar-refractivity contribution is -0.127. The second kappa shape index (κ2) is 12.4. The molecule has 0 saturated carbocycles. The van der Waals surface area contributed by atoms with Gasteiger partial charge < -0.3 is 14.7 Å². The Morgan fingerprint density at radius 1 is 1.30 bits per heavy atom. The number of esters is 1. The van der Waals surface area contributed by atoms with Crippen molar-refractivity contribution in [1.82, 2.24) is 4.90 Å². The van der Waals surface area contributed by atoms with E-state index in [1.165, 1.54) is 24.0 Å². The van der Waals surface area contributed by atoms with Gasteiger partial charge in [0.15, 0.2) is 0 Å². The highest BCUT2D eigenvalue weighted by Crippen LogP contribution is 2.21. The smallest absolute Gasteiger partial charge is 0.348 e. The van der Waals surface area contributed by atoms with Crippen LogP contribution in [0, 0.1) is 17.8 Å². The van der Waals surface area contributed by atoms with Gasteiger partial charge in [-0.15, -0.1) is 11.3 Å². The molecule has 5 nitrogen and oxygen atoms in total. The summed E-state index contributed by atoms with van der Waals surface area (Å²) in [7, 11) is 1.35. The van der Waals surface area contributed by atoms with E-state index in [4.69, 9.17) is 4.74 Å². The summed E-state index contributed by atoms with van der Waals surface area (Å²) in [5.41, 5.74) is 1.32. The molecule has 0 bridgehead atoms. The molecule has 1 N–H and O–H groups in total. The summed E-state index contributed by atoms with van der Waals surface area (Å²) in [6.45, 7) is 2.38. The van der Waals surface area contributed by atoms with Crippen molar-refractivity contribution in [2.45, 2.75) is 51.2 Å². The monoisotopic (exact) mass is 465 g/mol. The molecule has 0 aliphatic carbocycles. The number of carbonyl (C=O) groups excluding carboxylic acids is 2. The molecular weight excluding hydrogens is 434 g/mol. The zero-order valence-corrected chi connectivity index (χ0v) is 20.0. The topological polar surface area (TPSA) is 66.8 Å². The second-order valence-corrected chi connectivity index (χ2v) is 9.40. The Balaban J connectivity index is 1.49. The number of aliphatic hydroxyl groups is 1. The van der Waals surface area contributed by atoms with Crippen molar-refractivity contribution in [3.8, 4) is 11.8 Å². The van der Waals surface area contributed by atoms with Gasteiger partial charge in [-0.25, -0.2) is 4.79 Å². The number of thiophene rings is 1. The van der Waals surface area contributed by atoms with E-state index in [9.17, 15) is 14.7 Å². The Kier molecular flexibility index (Phi) is 9.29. The minimum atomic E-state index is -0.535. The number of ether oxygens (including phenoxy) is 1. The molecule has 1 aliphatic heterocycles. The zero-order chi connectivity index (χ0) is 23.6. The van der Waals surface area contributed by atoms with Crippen LogP contribution in [0.2, 0.25) is 0 Å². The first-order valence-corrected chi connectivity index (χ1v) is 12.2. The third-order valence-corrected chi connectivity index (χ3v) is 6.89. The molecule has 1 aromatic carbocycles. The largest absolute Gasteiger partial charge is 0.465 e. The van der Waals surface area contributed by atoms with Crippen molar-refractivity contribution in [2.75, 3.05) is 13.7 Å². The van der Waals surface area contributed by atoms with Crippen LogP contribution in [0.4, 0.5) is 0 Å². The number of hydrogen-bond acceptors (Lipinski definition) is 5. The molecule has 2 heterocycles. The van der Waals surface area contributed by atoms with Crippen LogP contribution < -0.4 is 0 Å². The van der Waals surface area contributed by atoms with Gasteiger partial charge in [0, 0.05) is 6.42 Å². The highest BCUT2D eigenvalue weighted by molar-refractivity contribution is 7.14. The van der Waals surface area contributed by atoms with Gasteiger partial charge in [-0.2, -0.15) is 0 Å². The molecule has 174 valence electrons. The molecule has 1 aromatic heterocycles. The van der Waals surface area contributed by atoms with E-state index in [1.54, 1.807) is 17.0 Å². The number of hydrogen-bond donors (Lipinski definition) is 1. The van der Waals surface area contributed by atoms with Gasteiger partial charge in [-0.3, -0.25) is 4.79 Å². The van der Waals surface area contributed by atoms with E-state index in [1.807, 2.05) is 18.2 Å². The predicted octanol–water partition coefficient (Wildman–Crippen LogP) is 4.45. The molecule has 33 heavy (non-hydrogen) atoms. The Labute approximate surface area is 200 Å². The first-order chi connectivity index (χ1) is 16.0. The van der Waals surface area contributed by atoms with Crippen molar-refractivity contribution in [3.63, 3.8) is 0 Å². The van der Waals surface area contributed by atoms with Crippen molar-refractivity contribution in [3.05, 3.63) is 69.9 Å². The van der Waals surface area contributed by atoms with Crippen LogP contribution in [-0.2, 0) is 16.0 Å². The number of aliphatic hydroxyl groups excluding tert-OH is 1. The van der Waals surface area contributed by atoms with Crippen LogP contribution in [-0.4, -0.2) is 47.7 Å². The average molecular weight is 466 g/mol. The third kappa shape index (κ3) is 7.31. The summed E-state index contributed by atoms with van der Waals surface area (Å²) in [5.74, 6) is 5.92. The maximum atomic E-state index is 12.3. The molecule has 1 saturated heterocycles. The molecule has 3 atom stereocenters. The number of rotatable bonds is 9. The summed E-state index contributed by atoms with van der Waals surface area (Å²) < 4.78 is 4.71. The normalized spacial score (nSPS) is 17.6. The Morgan fingerprint density at radius 2 is 2.09 bits per heavy atom. The highest BCUT2D eigenvalue weighted by Gasteiger charge is 2.28. The number of likely N-dealkylation sites (tertiary alicyclic amines) is 1. The lowest BCUT2D eigenvalue weighted by Gasteiger charge is -2.21. The number of amides is 1. The van der Waals surface area contributed by atoms with Crippen LogP contribution in [0.25, 0.3) is 0 Å². The van der Waals surface area contributed by atoms with E-state index < -0.39 is 6.10 Å². The van der Waals surface area contributed by atoms with Crippen molar-refractivity contribution < 1.29 is 19.4 Å². The summed E-state index contributed by atoms with van der Waals surface area (Å²) >= 11 is 1.27. The van der Waals surface area contributed by atoms with Gasteiger partial charge in [0.1, 0.15) is 4.88 Å². The first kappa shape index (κ1) is 24.8. The van der Waals surface area contributed by atoms with Crippen LogP contribution >= 0.6 is 11.3 Å². The fourth-order valence-electron chi connectivity index (χ4n) is 3.86. The van der Waals surface area contributed by atoms with Gasteiger partial charge in [-0.05, 0) is 49.3 Å². The average Bonchev–Trinajstić information content (AvgIpc) is 3.44. The van der Waals surface area contributed by atoms with E-state index >= 15 is 0 Å². The maximum Gasteiger partial charge on any atom is 0.348 e. The number of carbonyl (C=O) groups is 2. The van der Waals surface area contributed by atoms with Crippen molar-refractivity contribution >= 4 is 23.2 Å². The molecule has 1 fully saturated rings. The quantitative estimate of drug-likeness (QED) is 0.337. The number of nitrogens with zero attached hydrogens (tertiary/aromatic N) is 1. The second-order valence-electron chi connectivity index (χ2n) is 8.32. The van der Waals surface area contributed by atoms with E-state index in [0.717, 1.165) is 30.6 Å². The summed E-state index contributed by atoms with van der Waals surface area (Å²) in [6.07, 6.45) is 7.45. The molecule has 2 aromatic rings. The highest BCUT2D eigenvalue weighted by atomic mass is 32.1. The van der Waals surface area contributed by atoms with Crippen molar-refractivity contribution in [2.24, 2.45) is 5.92 Å². The van der Waals surface area contributed by atoms with E-state index in [-0.39, 0.29) is 23.8 Å². The third-order valence-electron chi connectivity index (χ3n) is 5.91. The number of aryl methyl sites for hydroxylation is 1. The van der Waals surface area contributed by atoms with Gasteiger partial charge >= 0.3 is 5.97 Å². The number of benzene rings is 1. The lowest BCUT2D eigenvalue weighted by atomic mass is 9.95. The van der Waals surface area contributed by atoms with Crippen LogP contribution in [0.3, 0.4) is 0 Å². The summed E-state index contributed by atoms with van der Waals surface area (Å²) in [4.78, 5) is 26.9. The Morgan fingerprint density at radius 3 is 2.85 bits per heavy atom. The molecule has 3 rings (SSSR count). The standard InChI is InChI=1S/C27H31NO4S/c1-20(8-6-11-21-9-4-3-5-10-21)24(29)16-13-22-14-18-26(30)28(22)19-7-12-23-15-17-25(33-23)27(31)32-2/h3-5,9-10,13,15-17,20,22,24,29H,6,8,11,14,18-19H2,1-2H3/t20-,22-,24-/m0/s1. The Bertz CT molecular complexity index is 1020. The molecule has 0 unspecified atom stereocenters. The molecular formula is C27H31NO4S. The molecule has 1 amide bonds. The zero-order valence-electron chi connectivity index (χ0n) is 19.2. The van der Waals surface area contributed by atoms with Crippen LogP contribution in [0.5, 0.6) is 0 Å². The Hall–Kier alpha value is -2.88. The molecule has 1 aliphatic rings. The summed E-state index contributed by atoms with van der Waals surface area (Å²) in [6, 6.07) is 13.8. The van der Waals surface area contributed by atoms with E-state index in [2.05, 4.69) is 43.0 Å². The van der Waals surface area contributed by atoms with Gasteiger partial charge in [0.25, 0.3) is 0 Å². The lowest BCUT2D eigenvalue weighted by Crippen LogP contribution is -2.32. The maximum absolute atomic E-state index is 12.3. The van der Waals surface area contributed by atoms with Crippen molar-refractivity contribution in [1.29, 1.82) is 0 Å². The minimum absolute atomic E-state index is 0.0491. The van der Waals surface area contributed by atoms with Gasteiger partial charge in [-0.1, -0.05) is 61.2 Å². The van der Waals surface area contributed by atoms with Crippen LogP contribution in [0.15, 0.2) is 54.6 Å². The van der Waals surface area contributed by atoms with Gasteiger partial charge in [0.2, 0.25) is 5.91 Å². The molecule has 0 radical (unpaired) electrons. The van der Waals surface area contributed by atoms with Gasteiger partial charge in [0.05, 0.1) is 30.7 Å². The predicted molar refractivity (Wildman–Crippen MR) is 131 cm³/mol.